The van der Waals surface area contributed by atoms with Gasteiger partial charge in [-0.2, -0.15) is 0 Å². The van der Waals surface area contributed by atoms with Crippen molar-refractivity contribution in [3.05, 3.63) is 53.6 Å². The van der Waals surface area contributed by atoms with Gasteiger partial charge in [-0.25, -0.2) is 0 Å². The van der Waals surface area contributed by atoms with E-state index in [4.69, 9.17) is 9.47 Å². The molecule has 2 aromatic rings. The van der Waals surface area contributed by atoms with Gasteiger partial charge in [0, 0.05) is 57.1 Å². The Bertz CT molecular complexity index is 889. The average Bonchev–Trinajstić information content (AvgIpc) is 2.77. The Balaban J connectivity index is 1.65. The summed E-state index contributed by atoms with van der Waals surface area (Å²) in [7, 11) is 7.00. The van der Waals surface area contributed by atoms with Gasteiger partial charge in [0.1, 0.15) is 0 Å². The maximum Gasteiger partial charge on any atom is 0.254 e. The largest absolute Gasteiger partial charge is 0.493 e. The molecule has 2 amide bonds. The number of hydrogen-bond acceptors (Lipinski definition) is 5. The smallest absolute Gasteiger partial charge is 0.254 e. The third-order valence-corrected chi connectivity index (χ3v) is 5.09. The lowest BCUT2D eigenvalue weighted by Gasteiger charge is -2.35. The number of anilines is 1. The van der Waals surface area contributed by atoms with Crippen LogP contribution >= 0.6 is 0 Å². The van der Waals surface area contributed by atoms with Gasteiger partial charge in [-0.05, 0) is 36.4 Å². The molecule has 0 N–H and O–H groups in total. The van der Waals surface area contributed by atoms with Crippen LogP contribution in [0.15, 0.2) is 42.5 Å². The molecule has 0 aromatic heterocycles. The predicted molar refractivity (Wildman–Crippen MR) is 112 cm³/mol. The second kappa shape index (κ2) is 8.86. The highest BCUT2D eigenvalue weighted by atomic mass is 16.5. The summed E-state index contributed by atoms with van der Waals surface area (Å²) in [5.41, 5.74) is 2.19. The molecule has 0 radical (unpaired) electrons. The fraction of sp³-hybridized carbons (Fsp3) is 0.364. The summed E-state index contributed by atoms with van der Waals surface area (Å²) in [6.07, 6.45) is 0. The van der Waals surface area contributed by atoms with Gasteiger partial charge in [0.15, 0.2) is 11.5 Å². The number of amides is 2. The lowest BCUT2D eigenvalue weighted by atomic mass is 10.1. The molecule has 1 saturated heterocycles. The maximum absolute atomic E-state index is 12.9. The Labute approximate surface area is 171 Å². The van der Waals surface area contributed by atoms with Gasteiger partial charge in [-0.1, -0.05) is 6.07 Å². The van der Waals surface area contributed by atoms with Gasteiger partial charge in [0.05, 0.1) is 14.2 Å². The minimum Gasteiger partial charge on any atom is -0.493 e. The summed E-state index contributed by atoms with van der Waals surface area (Å²) in [6.45, 7) is 1.99. The molecule has 1 heterocycles. The summed E-state index contributed by atoms with van der Waals surface area (Å²) >= 11 is 0. The highest BCUT2D eigenvalue weighted by molar-refractivity contribution is 5.96. The van der Waals surface area contributed by atoms with E-state index in [0.717, 1.165) is 5.69 Å². The summed E-state index contributed by atoms with van der Waals surface area (Å²) in [5.74, 6) is 1.02. The molecule has 3 rings (SSSR count). The van der Waals surface area contributed by atoms with Gasteiger partial charge < -0.3 is 24.2 Å². The molecule has 2 aromatic carbocycles. The molecule has 7 heteroatoms. The van der Waals surface area contributed by atoms with E-state index in [0.29, 0.717) is 48.8 Å². The number of methoxy groups -OCH3 is 2. The van der Waals surface area contributed by atoms with Crippen molar-refractivity contribution in [2.75, 3.05) is 59.4 Å². The molecular weight excluding hydrogens is 370 g/mol. The number of piperazine rings is 1. The zero-order chi connectivity index (χ0) is 21.0. The van der Waals surface area contributed by atoms with E-state index in [1.807, 2.05) is 43.3 Å². The fourth-order valence-electron chi connectivity index (χ4n) is 3.36. The van der Waals surface area contributed by atoms with Crippen LogP contribution in [-0.4, -0.2) is 76.1 Å². The molecule has 0 saturated carbocycles. The molecule has 0 aliphatic carbocycles. The molecule has 1 aliphatic heterocycles. The Hall–Kier alpha value is -3.22. The van der Waals surface area contributed by atoms with Crippen LogP contribution in [0.2, 0.25) is 0 Å². The zero-order valence-corrected chi connectivity index (χ0v) is 17.3. The van der Waals surface area contributed by atoms with Gasteiger partial charge in [-0.15, -0.1) is 0 Å². The van der Waals surface area contributed by atoms with Crippen LogP contribution in [0.1, 0.15) is 20.7 Å². The van der Waals surface area contributed by atoms with E-state index >= 15 is 0 Å². The Morgan fingerprint density at radius 1 is 0.793 bits per heavy atom. The number of rotatable bonds is 5. The number of nitrogens with zero attached hydrogens (tertiary/aromatic N) is 3. The van der Waals surface area contributed by atoms with Gasteiger partial charge in [0.2, 0.25) is 0 Å². The molecule has 1 aliphatic rings. The van der Waals surface area contributed by atoms with Crippen LogP contribution in [-0.2, 0) is 0 Å². The van der Waals surface area contributed by atoms with Crippen molar-refractivity contribution in [2.45, 2.75) is 0 Å². The number of carbonyl (C=O) groups is 2. The van der Waals surface area contributed by atoms with Crippen LogP contribution in [0, 0.1) is 0 Å². The monoisotopic (exact) mass is 397 g/mol. The van der Waals surface area contributed by atoms with Crippen molar-refractivity contribution in [3.8, 4) is 11.5 Å². The third kappa shape index (κ3) is 4.45. The SMILES string of the molecule is COc1ccc(C(=O)N2CCN(C(=O)c3cccc(N(C)C)c3)CC2)cc1OC. The molecule has 0 bridgehead atoms. The third-order valence-electron chi connectivity index (χ3n) is 5.09. The van der Waals surface area contributed by atoms with E-state index < -0.39 is 0 Å². The van der Waals surface area contributed by atoms with Crippen LogP contribution in [0.4, 0.5) is 5.69 Å². The van der Waals surface area contributed by atoms with E-state index in [9.17, 15) is 9.59 Å². The van der Waals surface area contributed by atoms with E-state index in [-0.39, 0.29) is 11.8 Å². The molecule has 1 fully saturated rings. The highest BCUT2D eigenvalue weighted by Crippen LogP contribution is 2.28. The normalized spacial score (nSPS) is 13.8. The average molecular weight is 397 g/mol. The van der Waals surface area contributed by atoms with Crippen LogP contribution < -0.4 is 14.4 Å². The van der Waals surface area contributed by atoms with Crippen molar-refractivity contribution >= 4 is 17.5 Å². The lowest BCUT2D eigenvalue weighted by molar-refractivity contribution is 0.0535. The highest BCUT2D eigenvalue weighted by Gasteiger charge is 2.26. The van der Waals surface area contributed by atoms with E-state index in [1.165, 1.54) is 0 Å². The quantitative estimate of drug-likeness (QED) is 0.775. The number of carbonyl (C=O) groups excluding carboxylic acids is 2. The fourth-order valence-corrected chi connectivity index (χ4v) is 3.36. The maximum atomic E-state index is 12.9. The first-order valence-corrected chi connectivity index (χ1v) is 9.52. The van der Waals surface area contributed by atoms with E-state index in [2.05, 4.69) is 0 Å². The summed E-state index contributed by atoms with van der Waals surface area (Å²) in [5, 5.41) is 0. The van der Waals surface area contributed by atoms with Crippen LogP contribution in [0.3, 0.4) is 0 Å². The number of hydrogen-bond donors (Lipinski definition) is 0. The molecule has 154 valence electrons. The van der Waals surface area contributed by atoms with Crippen molar-refractivity contribution in [3.63, 3.8) is 0 Å². The molecule has 0 unspecified atom stereocenters. The number of benzene rings is 2. The van der Waals surface area contributed by atoms with Crippen molar-refractivity contribution in [1.29, 1.82) is 0 Å². The van der Waals surface area contributed by atoms with Crippen molar-refractivity contribution in [1.82, 2.24) is 9.80 Å². The summed E-state index contributed by atoms with van der Waals surface area (Å²) in [6, 6.07) is 12.7. The topological polar surface area (TPSA) is 62.3 Å². The van der Waals surface area contributed by atoms with Crippen LogP contribution in [0.25, 0.3) is 0 Å². The minimum atomic E-state index is -0.0762. The molecule has 29 heavy (non-hydrogen) atoms. The van der Waals surface area contributed by atoms with Gasteiger partial charge in [-0.3, -0.25) is 9.59 Å². The first-order chi connectivity index (χ1) is 13.9. The standard InChI is InChI=1S/C22H27N3O4/c1-23(2)18-7-5-6-16(14-18)21(26)24-10-12-25(13-11-24)22(27)17-8-9-19(28-3)20(15-17)29-4/h5-9,14-15H,10-13H2,1-4H3. The summed E-state index contributed by atoms with van der Waals surface area (Å²) < 4.78 is 10.5. The van der Waals surface area contributed by atoms with Crippen LogP contribution in [0.5, 0.6) is 11.5 Å². The molecule has 0 atom stereocenters. The first kappa shape index (κ1) is 20.5. The van der Waals surface area contributed by atoms with Crippen molar-refractivity contribution < 1.29 is 19.1 Å². The Kier molecular flexibility index (Phi) is 6.26. The second-order valence-electron chi connectivity index (χ2n) is 7.10. The molecule has 7 nitrogen and oxygen atoms in total. The first-order valence-electron chi connectivity index (χ1n) is 9.52. The van der Waals surface area contributed by atoms with Crippen molar-refractivity contribution in [2.24, 2.45) is 0 Å². The zero-order valence-electron chi connectivity index (χ0n) is 17.3. The predicted octanol–water partition coefficient (Wildman–Crippen LogP) is 2.37. The Morgan fingerprint density at radius 3 is 1.86 bits per heavy atom. The summed E-state index contributed by atoms with van der Waals surface area (Å²) in [4.78, 5) is 31.2. The Morgan fingerprint density at radius 2 is 1.34 bits per heavy atom. The molecule has 0 spiro atoms. The van der Waals surface area contributed by atoms with E-state index in [1.54, 1.807) is 42.2 Å². The number of ether oxygens (including phenoxy) is 2. The minimum absolute atomic E-state index is 0.00749. The second-order valence-corrected chi connectivity index (χ2v) is 7.10. The van der Waals surface area contributed by atoms with Gasteiger partial charge in [0.25, 0.3) is 11.8 Å². The van der Waals surface area contributed by atoms with Gasteiger partial charge >= 0.3 is 0 Å². The lowest BCUT2D eigenvalue weighted by Crippen LogP contribution is -2.50. The molecular formula is C22H27N3O4.